The average molecular weight is 462 g/mol. The van der Waals surface area contributed by atoms with Gasteiger partial charge in [0.15, 0.2) is 0 Å². The maximum absolute atomic E-state index is 12.8. The van der Waals surface area contributed by atoms with E-state index in [0.717, 1.165) is 0 Å². The summed E-state index contributed by atoms with van der Waals surface area (Å²) in [5, 5.41) is 16.9. The maximum Gasteiger partial charge on any atom is 0.326 e. The van der Waals surface area contributed by atoms with Gasteiger partial charge in [0.25, 0.3) is 0 Å². The summed E-state index contributed by atoms with van der Waals surface area (Å²) in [5.74, 6) is -3.48. The van der Waals surface area contributed by atoms with Crippen molar-refractivity contribution in [1.29, 1.82) is 0 Å². The van der Waals surface area contributed by atoms with Gasteiger partial charge in [0.05, 0.1) is 6.04 Å². The lowest BCUT2D eigenvalue weighted by molar-refractivity contribution is -0.143. The lowest BCUT2D eigenvalue weighted by Gasteiger charge is -2.28. The van der Waals surface area contributed by atoms with Crippen LogP contribution in [0.15, 0.2) is 0 Å². The quantitative estimate of drug-likeness (QED) is 0.177. The number of carbonyl (C=O) groups is 5. The van der Waals surface area contributed by atoms with Gasteiger partial charge in [0.1, 0.15) is 18.1 Å². The highest BCUT2D eigenvalue weighted by atomic mass is 32.2. The Morgan fingerprint density at radius 2 is 1.52 bits per heavy atom. The van der Waals surface area contributed by atoms with Crippen LogP contribution in [-0.2, 0) is 24.0 Å². The molecule has 0 saturated carbocycles. The third kappa shape index (κ3) is 11.0. The van der Waals surface area contributed by atoms with Crippen LogP contribution in [0.25, 0.3) is 0 Å². The van der Waals surface area contributed by atoms with Crippen LogP contribution in [-0.4, -0.2) is 70.9 Å². The Morgan fingerprint density at radius 1 is 0.935 bits per heavy atom. The van der Waals surface area contributed by atoms with Crippen LogP contribution in [0.1, 0.15) is 46.5 Å². The number of hydrogen-bond donors (Lipinski definition) is 6. The van der Waals surface area contributed by atoms with E-state index in [1.807, 2.05) is 13.2 Å². The summed E-state index contributed by atoms with van der Waals surface area (Å²) in [7, 11) is 0. The fourth-order valence-corrected chi connectivity index (χ4v) is 3.04. The monoisotopic (exact) mass is 461 g/mol. The molecule has 5 atom stereocenters. The van der Waals surface area contributed by atoms with E-state index in [1.54, 1.807) is 6.92 Å². The van der Waals surface area contributed by atoms with Crippen LogP contribution in [0.5, 0.6) is 0 Å². The van der Waals surface area contributed by atoms with E-state index >= 15 is 0 Å². The Morgan fingerprint density at radius 3 is 1.97 bits per heavy atom. The van der Waals surface area contributed by atoms with Crippen molar-refractivity contribution in [2.24, 2.45) is 17.4 Å². The van der Waals surface area contributed by atoms with Gasteiger partial charge < -0.3 is 32.5 Å². The molecule has 0 saturated heterocycles. The van der Waals surface area contributed by atoms with E-state index in [9.17, 15) is 29.1 Å². The van der Waals surface area contributed by atoms with Crippen molar-refractivity contribution in [3.63, 3.8) is 0 Å². The van der Waals surface area contributed by atoms with E-state index in [4.69, 9.17) is 11.5 Å². The number of thioether (sulfide) groups is 1. The van der Waals surface area contributed by atoms with Gasteiger partial charge in [-0.05, 0) is 37.7 Å². The number of hydrogen-bond acceptors (Lipinski definition) is 7. The minimum Gasteiger partial charge on any atom is -0.480 e. The zero-order valence-corrected chi connectivity index (χ0v) is 19.3. The lowest BCUT2D eigenvalue weighted by atomic mass is 9.97. The van der Waals surface area contributed by atoms with Gasteiger partial charge in [-0.2, -0.15) is 11.8 Å². The van der Waals surface area contributed by atoms with Gasteiger partial charge in [-0.15, -0.1) is 0 Å². The summed E-state index contributed by atoms with van der Waals surface area (Å²) in [6.45, 7) is 5.05. The second-order valence-corrected chi connectivity index (χ2v) is 8.39. The summed E-state index contributed by atoms with van der Waals surface area (Å²) in [6, 6.07) is -4.05. The van der Waals surface area contributed by atoms with Crippen LogP contribution in [0, 0.1) is 5.92 Å². The minimum absolute atomic E-state index is 0.168. The van der Waals surface area contributed by atoms with Gasteiger partial charge in [-0.3, -0.25) is 19.2 Å². The number of amides is 4. The Kier molecular flexibility index (Phi) is 13.5. The summed E-state index contributed by atoms with van der Waals surface area (Å²) < 4.78 is 0. The van der Waals surface area contributed by atoms with Gasteiger partial charge in [-0.25, -0.2) is 4.79 Å². The van der Waals surface area contributed by atoms with Crippen LogP contribution in [0.2, 0.25) is 0 Å². The summed E-state index contributed by atoms with van der Waals surface area (Å²) >= 11 is 1.49. The first-order valence-electron chi connectivity index (χ1n) is 10.1. The van der Waals surface area contributed by atoms with Gasteiger partial charge >= 0.3 is 5.97 Å². The SMILES string of the molecule is CCC(C)C(NC(=O)C(CCSC)NC(=O)C(C)N)C(=O)NC(CCC(N)=O)C(=O)O. The predicted octanol–water partition coefficient (Wildman–Crippen LogP) is -1.06. The Bertz CT molecular complexity index is 645. The number of carboxylic acid groups (broad SMARTS) is 1. The molecular weight excluding hydrogens is 426 g/mol. The first-order valence-corrected chi connectivity index (χ1v) is 11.5. The van der Waals surface area contributed by atoms with E-state index in [-0.39, 0.29) is 18.8 Å². The van der Waals surface area contributed by atoms with Crippen LogP contribution >= 0.6 is 11.8 Å². The van der Waals surface area contributed by atoms with Crippen molar-refractivity contribution in [2.45, 2.75) is 70.6 Å². The molecule has 0 aromatic rings. The molecule has 0 radical (unpaired) electrons. The molecule has 31 heavy (non-hydrogen) atoms. The summed E-state index contributed by atoms with van der Waals surface area (Å²) in [4.78, 5) is 60.0. The molecule has 0 aliphatic heterocycles. The molecule has 0 spiro atoms. The minimum atomic E-state index is -1.33. The number of aliphatic carboxylic acids is 1. The standard InChI is InChI=1S/C19H35N5O6S/c1-5-10(2)15(18(28)23-13(19(29)30)6-7-14(21)25)24-17(27)12(8-9-31-4)22-16(26)11(3)20/h10-13,15H,5-9,20H2,1-4H3,(H2,21,25)(H,22,26)(H,23,28)(H,24,27)(H,29,30). The van der Waals surface area contributed by atoms with Gasteiger partial charge in [0.2, 0.25) is 23.6 Å². The second kappa shape index (κ2) is 14.6. The zero-order chi connectivity index (χ0) is 24.1. The summed E-state index contributed by atoms with van der Waals surface area (Å²) in [6.07, 6.45) is 2.33. The molecule has 0 aliphatic carbocycles. The Labute approximate surface area is 186 Å². The number of carbonyl (C=O) groups excluding carboxylic acids is 4. The molecule has 11 nitrogen and oxygen atoms in total. The molecule has 0 aliphatic rings. The highest BCUT2D eigenvalue weighted by molar-refractivity contribution is 7.98. The third-order valence-corrected chi connectivity index (χ3v) is 5.39. The van der Waals surface area contributed by atoms with Gasteiger partial charge in [0, 0.05) is 6.42 Å². The van der Waals surface area contributed by atoms with Crippen molar-refractivity contribution >= 4 is 41.4 Å². The molecule has 0 aromatic heterocycles. The molecule has 0 aromatic carbocycles. The topological polar surface area (TPSA) is 194 Å². The van der Waals surface area contributed by atoms with Crippen molar-refractivity contribution in [3.05, 3.63) is 0 Å². The van der Waals surface area contributed by atoms with Crippen LogP contribution < -0.4 is 27.4 Å². The van der Waals surface area contributed by atoms with E-state index in [0.29, 0.717) is 18.6 Å². The predicted molar refractivity (Wildman–Crippen MR) is 118 cm³/mol. The highest BCUT2D eigenvalue weighted by Crippen LogP contribution is 2.11. The Balaban J connectivity index is 5.43. The molecule has 0 heterocycles. The van der Waals surface area contributed by atoms with Crippen LogP contribution in [0.4, 0.5) is 0 Å². The van der Waals surface area contributed by atoms with E-state index < -0.39 is 53.8 Å². The maximum atomic E-state index is 12.8. The molecule has 8 N–H and O–H groups in total. The first-order chi connectivity index (χ1) is 14.4. The molecule has 0 rings (SSSR count). The smallest absolute Gasteiger partial charge is 0.326 e. The van der Waals surface area contributed by atoms with Crippen molar-refractivity contribution in [3.8, 4) is 0 Å². The lowest BCUT2D eigenvalue weighted by Crippen LogP contribution is -2.58. The number of primary amides is 1. The fourth-order valence-electron chi connectivity index (χ4n) is 2.57. The molecule has 0 fully saturated rings. The summed E-state index contributed by atoms with van der Waals surface area (Å²) in [5.41, 5.74) is 10.6. The highest BCUT2D eigenvalue weighted by Gasteiger charge is 2.32. The zero-order valence-electron chi connectivity index (χ0n) is 18.5. The average Bonchev–Trinajstić information content (AvgIpc) is 2.70. The van der Waals surface area contributed by atoms with Crippen LogP contribution in [0.3, 0.4) is 0 Å². The van der Waals surface area contributed by atoms with Crippen molar-refractivity contribution < 1.29 is 29.1 Å². The normalized spacial score (nSPS) is 15.6. The third-order valence-electron chi connectivity index (χ3n) is 4.74. The van der Waals surface area contributed by atoms with Gasteiger partial charge in [-0.1, -0.05) is 20.3 Å². The van der Waals surface area contributed by atoms with E-state index in [2.05, 4.69) is 16.0 Å². The number of rotatable bonds is 15. The number of nitrogens with two attached hydrogens (primary N) is 2. The molecule has 178 valence electrons. The molecule has 5 unspecified atom stereocenters. The number of nitrogens with one attached hydrogen (secondary N) is 3. The second-order valence-electron chi connectivity index (χ2n) is 7.41. The molecule has 4 amide bonds. The molecular formula is C19H35N5O6S. The number of carboxylic acids is 1. The van der Waals surface area contributed by atoms with Crippen molar-refractivity contribution in [2.75, 3.05) is 12.0 Å². The molecule has 0 bridgehead atoms. The first kappa shape index (κ1) is 28.7. The fraction of sp³-hybridized carbons (Fsp3) is 0.737. The Hall–Kier alpha value is -2.34. The largest absolute Gasteiger partial charge is 0.480 e. The van der Waals surface area contributed by atoms with Crippen molar-refractivity contribution in [1.82, 2.24) is 16.0 Å². The molecule has 12 heteroatoms. The van der Waals surface area contributed by atoms with E-state index in [1.165, 1.54) is 18.7 Å².